The zero-order chi connectivity index (χ0) is 33.6. The molecule has 0 atom stereocenters. The zero-order valence-electron chi connectivity index (χ0n) is 23.9. The highest BCUT2D eigenvalue weighted by molar-refractivity contribution is 7.85. The number of hydrogen-bond donors (Lipinski definition) is 3. The van der Waals surface area contributed by atoms with Crippen LogP contribution in [0.25, 0.3) is 11.3 Å². The first kappa shape index (κ1) is 34.2. The second kappa shape index (κ2) is 14.2. The van der Waals surface area contributed by atoms with Gasteiger partial charge in [0, 0.05) is 42.4 Å². The van der Waals surface area contributed by atoms with Crippen molar-refractivity contribution >= 4 is 50.7 Å². The molecule has 0 unspecified atom stereocenters. The second-order valence-corrected chi connectivity index (χ2v) is 11.8. The third kappa shape index (κ3) is 9.44. The molecule has 5 rings (SSSR count). The van der Waals surface area contributed by atoms with Crippen molar-refractivity contribution in [3.8, 4) is 22.8 Å². The van der Waals surface area contributed by atoms with Gasteiger partial charge in [-0.05, 0) is 61.5 Å². The first-order chi connectivity index (χ1) is 21.6. The molecular weight excluding hydrogens is 670 g/mol. The average Bonchev–Trinajstić information content (AvgIpc) is 3.42. The number of rotatable bonds is 6. The molecule has 0 spiro atoms. The summed E-state index contributed by atoms with van der Waals surface area (Å²) in [6, 6.07) is 16.4. The van der Waals surface area contributed by atoms with E-state index in [-0.39, 0.29) is 10.6 Å². The minimum atomic E-state index is -4.64. The van der Waals surface area contributed by atoms with Crippen molar-refractivity contribution in [1.29, 1.82) is 0 Å². The van der Waals surface area contributed by atoms with Crippen LogP contribution in [0.2, 0.25) is 10.0 Å². The number of halogens is 5. The van der Waals surface area contributed by atoms with Crippen LogP contribution in [0.3, 0.4) is 0 Å². The zero-order valence-corrected chi connectivity index (χ0v) is 26.2. The van der Waals surface area contributed by atoms with Crippen molar-refractivity contribution in [1.82, 2.24) is 14.8 Å². The molecule has 0 aliphatic rings. The topological polar surface area (TPSA) is 135 Å². The summed E-state index contributed by atoms with van der Waals surface area (Å²) in [6.45, 7) is 1.84. The lowest BCUT2D eigenvalue weighted by Crippen LogP contribution is -2.19. The Balaban J connectivity index is 0.000000369. The molecule has 2 aromatic heterocycles. The Labute approximate surface area is 271 Å². The van der Waals surface area contributed by atoms with Gasteiger partial charge in [-0.25, -0.2) is 4.79 Å². The van der Waals surface area contributed by atoms with Crippen molar-refractivity contribution in [2.75, 3.05) is 10.6 Å². The standard InChI is InChI=1S/C23H16Cl2F3N5O2.C7H8O3S/c1-33-12-13(10-30-33)20-9-21(19(25)11-29-20)35-16-5-2-14(3-6-16)31-22(34)32-15-4-7-18(24)17(8-15)23(26,27)28;1-6-2-4-7(5-3-6)11(8,9)10/h2-12H,1H3,(H2,31,32,34);2-5H,1H3,(H,8,9,10). The highest BCUT2D eigenvalue weighted by atomic mass is 35.5. The predicted octanol–water partition coefficient (Wildman–Crippen LogP) is 8.49. The van der Waals surface area contributed by atoms with Crippen molar-refractivity contribution in [2.24, 2.45) is 7.05 Å². The maximum Gasteiger partial charge on any atom is 0.417 e. The van der Waals surface area contributed by atoms with Crippen LogP contribution in [-0.2, 0) is 23.3 Å². The first-order valence-corrected chi connectivity index (χ1v) is 15.2. The van der Waals surface area contributed by atoms with E-state index in [0.717, 1.165) is 23.3 Å². The molecule has 10 nitrogen and oxygen atoms in total. The van der Waals surface area contributed by atoms with Crippen LogP contribution < -0.4 is 15.4 Å². The van der Waals surface area contributed by atoms with Gasteiger partial charge in [-0.1, -0.05) is 40.9 Å². The van der Waals surface area contributed by atoms with Gasteiger partial charge in [0.25, 0.3) is 10.1 Å². The van der Waals surface area contributed by atoms with Crippen molar-refractivity contribution in [3.63, 3.8) is 0 Å². The predicted molar refractivity (Wildman–Crippen MR) is 168 cm³/mol. The Morgan fingerprint density at radius 3 is 2.13 bits per heavy atom. The molecule has 5 aromatic rings. The van der Waals surface area contributed by atoms with Crippen LogP contribution in [0, 0.1) is 6.92 Å². The number of urea groups is 1. The summed E-state index contributed by atoms with van der Waals surface area (Å²) in [7, 11) is -2.23. The average molecular weight is 695 g/mol. The number of aryl methyl sites for hydroxylation is 2. The number of ether oxygens (including phenoxy) is 1. The van der Waals surface area contributed by atoms with E-state index in [1.807, 2.05) is 6.92 Å². The molecule has 240 valence electrons. The van der Waals surface area contributed by atoms with Gasteiger partial charge in [0.15, 0.2) is 0 Å². The number of carbonyl (C=O) groups excluding carboxylic acids is 1. The third-order valence-electron chi connectivity index (χ3n) is 6.01. The number of pyridine rings is 1. The number of carbonyl (C=O) groups is 1. The molecule has 46 heavy (non-hydrogen) atoms. The summed E-state index contributed by atoms with van der Waals surface area (Å²) in [5, 5.41) is 8.84. The molecule has 0 saturated heterocycles. The largest absolute Gasteiger partial charge is 0.456 e. The number of hydrogen-bond acceptors (Lipinski definition) is 6. The summed E-state index contributed by atoms with van der Waals surface area (Å²) in [4.78, 5) is 16.4. The van der Waals surface area contributed by atoms with E-state index in [0.29, 0.717) is 27.9 Å². The molecule has 0 saturated carbocycles. The van der Waals surface area contributed by atoms with Crippen LogP contribution >= 0.6 is 23.2 Å². The van der Waals surface area contributed by atoms with E-state index in [2.05, 4.69) is 20.7 Å². The Kier molecular flexibility index (Phi) is 10.6. The molecule has 3 aromatic carbocycles. The van der Waals surface area contributed by atoms with Crippen LogP contribution in [-0.4, -0.2) is 33.8 Å². The molecular formula is C30H24Cl2F3N5O5S. The van der Waals surface area contributed by atoms with Gasteiger partial charge in [-0.2, -0.15) is 26.7 Å². The van der Waals surface area contributed by atoms with Gasteiger partial charge in [0.1, 0.15) is 16.5 Å². The maximum absolute atomic E-state index is 13.0. The number of benzene rings is 3. The summed E-state index contributed by atoms with van der Waals surface area (Å²) in [6.07, 6.45) is 0.303. The fraction of sp³-hybridized carbons (Fsp3) is 0.100. The molecule has 2 heterocycles. The van der Waals surface area contributed by atoms with Gasteiger partial charge in [0.05, 0.1) is 27.4 Å². The number of anilines is 2. The summed E-state index contributed by atoms with van der Waals surface area (Å²) < 4.78 is 76.0. The third-order valence-corrected chi connectivity index (χ3v) is 7.49. The fourth-order valence-electron chi connectivity index (χ4n) is 3.77. The molecule has 0 bridgehead atoms. The Morgan fingerprint density at radius 1 is 0.913 bits per heavy atom. The molecule has 3 N–H and O–H groups in total. The van der Waals surface area contributed by atoms with E-state index in [1.165, 1.54) is 24.4 Å². The minimum Gasteiger partial charge on any atom is -0.456 e. The molecule has 16 heteroatoms. The van der Waals surface area contributed by atoms with E-state index >= 15 is 0 Å². The quantitative estimate of drug-likeness (QED) is 0.152. The molecule has 2 amide bonds. The number of aromatic nitrogens is 3. The second-order valence-electron chi connectivity index (χ2n) is 9.59. The van der Waals surface area contributed by atoms with Crippen LogP contribution in [0.1, 0.15) is 11.1 Å². The maximum atomic E-state index is 13.0. The summed E-state index contributed by atoms with van der Waals surface area (Å²) in [5.74, 6) is 0.816. The van der Waals surface area contributed by atoms with Gasteiger partial charge >= 0.3 is 12.2 Å². The molecule has 0 radical (unpaired) electrons. The van der Waals surface area contributed by atoms with Gasteiger partial charge < -0.3 is 15.4 Å². The number of nitrogens with one attached hydrogen (secondary N) is 2. The van der Waals surface area contributed by atoms with Gasteiger partial charge in [0.2, 0.25) is 0 Å². The van der Waals surface area contributed by atoms with Gasteiger partial charge in [-0.3, -0.25) is 14.2 Å². The van der Waals surface area contributed by atoms with Crippen molar-refractivity contribution in [2.45, 2.75) is 18.0 Å². The number of nitrogens with zero attached hydrogens (tertiary/aromatic N) is 3. The first-order valence-electron chi connectivity index (χ1n) is 13.0. The lowest BCUT2D eigenvalue weighted by atomic mass is 10.2. The fourth-order valence-corrected chi connectivity index (χ4v) is 4.61. The smallest absolute Gasteiger partial charge is 0.417 e. The van der Waals surface area contributed by atoms with E-state index < -0.39 is 32.9 Å². The molecule has 0 aliphatic carbocycles. The Bertz CT molecular complexity index is 1950. The van der Waals surface area contributed by atoms with Gasteiger partial charge in [-0.15, -0.1) is 0 Å². The number of amides is 2. The lowest BCUT2D eigenvalue weighted by Gasteiger charge is -2.13. The monoisotopic (exact) mass is 693 g/mol. The van der Waals surface area contributed by atoms with Crippen LogP contribution in [0.4, 0.5) is 29.3 Å². The van der Waals surface area contributed by atoms with Crippen molar-refractivity contribution < 1.29 is 35.7 Å². The SMILES string of the molecule is Cc1ccc(S(=O)(=O)O)cc1.Cn1cc(-c2cc(Oc3ccc(NC(=O)Nc4ccc(Cl)c(C(F)(F)F)c4)cc3)c(Cl)cn2)cn1. The van der Waals surface area contributed by atoms with Crippen molar-refractivity contribution in [3.05, 3.63) is 113 Å². The van der Waals surface area contributed by atoms with E-state index in [1.54, 1.807) is 66.6 Å². The summed E-state index contributed by atoms with van der Waals surface area (Å²) >= 11 is 11.8. The highest BCUT2D eigenvalue weighted by Gasteiger charge is 2.33. The van der Waals surface area contributed by atoms with Crippen LogP contribution in [0.5, 0.6) is 11.5 Å². The Morgan fingerprint density at radius 2 is 1.54 bits per heavy atom. The Hall–Kier alpha value is -4.63. The van der Waals surface area contributed by atoms with E-state index in [4.69, 9.17) is 32.5 Å². The lowest BCUT2D eigenvalue weighted by molar-refractivity contribution is -0.137. The minimum absolute atomic E-state index is 0.0593. The highest BCUT2D eigenvalue weighted by Crippen LogP contribution is 2.36. The summed E-state index contributed by atoms with van der Waals surface area (Å²) in [5.41, 5.74) is 1.66. The molecule has 0 aliphatic heterocycles. The van der Waals surface area contributed by atoms with Crippen LogP contribution in [0.15, 0.2) is 96.3 Å². The number of alkyl halides is 3. The molecule has 0 fully saturated rings. The normalized spacial score (nSPS) is 11.3. The van der Waals surface area contributed by atoms with E-state index in [9.17, 15) is 26.4 Å².